The van der Waals surface area contributed by atoms with Crippen LogP contribution in [0.4, 0.5) is 24.8 Å². The molecule has 41 heavy (non-hydrogen) atoms. The van der Waals surface area contributed by atoms with E-state index in [0.29, 0.717) is 12.0 Å². The highest BCUT2D eigenvalue weighted by atomic mass is 19.4. The minimum atomic E-state index is -4.49. The van der Waals surface area contributed by atoms with Gasteiger partial charge in [0, 0.05) is 29.8 Å². The van der Waals surface area contributed by atoms with Crippen molar-refractivity contribution >= 4 is 28.3 Å². The third-order valence-electron chi connectivity index (χ3n) is 7.50. The lowest BCUT2D eigenvalue weighted by Gasteiger charge is -2.16. The molecule has 5 aromatic rings. The van der Waals surface area contributed by atoms with Crippen LogP contribution in [0.25, 0.3) is 22.0 Å². The van der Waals surface area contributed by atoms with E-state index in [4.69, 9.17) is 0 Å². The molecule has 1 atom stereocenters. The number of carbonyl (C=O) groups excluding carboxylic acids is 1. The molecular formula is C32H28F3N5O. The van der Waals surface area contributed by atoms with Crippen molar-refractivity contribution in [1.82, 2.24) is 19.7 Å². The van der Waals surface area contributed by atoms with Crippen LogP contribution in [0.5, 0.6) is 0 Å². The van der Waals surface area contributed by atoms with Crippen LogP contribution in [0.1, 0.15) is 65.2 Å². The van der Waals surface area contributed by atoms with Crippen molar-refractivity contribution in [3.05, 3.63) is 102 Å². The minimum absolute atomic E-state index is 0.0687. The smallest absolute Gasteiger partial charge is 0.321 e. The number of nitrogens with zero attached hydrogens (tertiary/aromatic N) is 4. The maximum absolute atomic E-state index is 13.1. The number of anilines is 2. The van der Waals surface area contributed by atoms with Crippen molar-refractivity contribution in [2.24, 2.45) is 0 Å². The molecule has 0 bridgehead atoms. The molecule has 0 amide bonds. The molecule has 0 aliphatic heterocycles. The number of nitrogens with one attached hydrogen (secondary N) is 1. The van der Waals surface area contributed by atoms with E-state index in [1.165, 1.54) is 12.1 Å². The number of aromatic nitrogens is 4. The van der Waals surface area contributed by atoms with Crippen molar-refractivity contribution in [3.63, 3.8) is 0 Å². The summed E-state index contributed by atoms with van der Waals surface area (Å²) in [7, 11) is 0. The standard InChI is InChI=1S/C32H28F3N5O/c1-19-6-7-21(20(2)12-30(41)23-4-3-5-25(14-23)32(33,34)35)15-28(19)22-8-11-29-24(13-22)16-36-31(39-29)38-26-17-37-40(18-26)27-9-10-27/h3-8,11,13-18,20,27H,9-10,12H2,1-2H3,(H,36,38,39)/t20-/m1/s1. The molecular weight excluding hydrogens is 527 g/mol. The van der Waals surface area contributed by atoms with Gasteiger partial charge in [-0.25, -0.2) is 9.97 Å². The highest BCUT2D eigenvalue weighted by Gasteiger charge is 2.31. The Morgan fingerprint density at radius 2 is 1.90 bits per heavy atom. The zero-order valence-electron chi connectivity index (χ0n) is 22.6. The van der Waals surface area contributed by atoms with Crippen LogP contribution in [0, 0.1) is 6.92 Å². The molecule has 1 aliphatic carbocycles. The number of halogens is 3. The van der Waals surface area contributed by atoms with Crippen LogP contribution in [0.3, 0.4) is 0 Å². The first kappa shape index (κ1) is 26.7. The SMILES string of the molecule is Cc1ccc([C@H](C)CC(=O)c2cccc(C(F)(F)F)c2)cc1-c1ccc2nc(Nc3cnn(C4CC4)c3)ncc2c1. The monoisotopic (exact) mass is 555 g/mol. The molecule has 1 fully saturated rings. The Morgan fingerprint density at radius 3 is 2.68 bits per heavy atom. The van der Waals surface area contributed by atoms with Crippen molar-refractivity contribution in [2.45, 2.75) is 51.2 Å². The van der Waals surface area contributed by atoms with Crippen LogP contribution in [-0.4, -0.2) is 25.5 Å². The van der Waals surface area contributed by atoms with E-state index in [1.54, 1.807) is 12.4 Å². The molecule has 9 heteroatoms. The number of ketones is 1. The quantitative estimate of drug-likeness (QED) is 0.195. The molecule has 0 saturated heterocycles. The number of carbonyl (C=O) groups is 1. The van der Waals surface area contributed by atoms with Gasteiger partial charge in [-0.1, -0.05) is 43.3 Å². The Kier molecular flexibility index (Phi) is 6.81. The van der Waals surface area contributed by atoms with E-state index in [9.17, 15) is 18.0 Å². The van der Waals surface area contributed by atoms with Gasteiger partial charge in [-0.15, -0.1) is 0 Å². The van der Waals surface area contributed by atoms with E-state index < -0.39 is 11.7 Å². The van der Waals surface area contributed by atoms with Gasteiger partial charge in [0.2, 0.25) is 5.95 Å². The lowest BCUT2D eigenvalue weighted by molar-refractivity contribution is -0.137. The predicted octanol–water partition coefficient (Wildman–Crippen LogP) is 8.28. The Bertz CT molecular complexity index is 1760. The fraction of sp³-hybridized carbons (Fsp3) is 0.250. The number of benzene rings is 3. The molecule has 0 spiro atoms. The third-order valence-corrected chi connectivity index (χ3v) is 7.50. The first-order chi connectivity index (χ1) is 19.6. The fourth-order valence-electron chi connectivity index (χ4n) is 4.97. The number of aryl methyl sites for hydroxylation is 1. The third kappa shape index (κ3) is 5.84. The number of Topliss-reactive ketones (excluding diaryl/α,β-unsaturated/α-hetero) is 1. The first-order valence-electron chi connectivity index (χ1n) is 13.5. The summed E-state index contributed by atoms with van der Waals surface area (Å²) in [4.78, 5) is 22.0. The van der Waals surface area contributed by atoms with E-state index in [2.05, 4.69) is 26.4 Å². The van der Waals surface area contributed by atoms with Crippen LogP contribution in [0.15, 0.2) is 79.3 Å². The zero-order chi connectivity index (χ0) is 28.7. The number of rotatable bonds is 8. The van der Waals surface area contributed by atoms with Crippen LogP contribution in [0.2, 0.25) is 0 Å². The summed E-state index contributed by atoms with van der Waals surface area (Å²) < 4.78 is 41.3. The number of hydrogen-bond acceptors (Lipinski definition) is 5. The largest absolute Gasteiger partial charge is 0.416 e. The van der Waals surface area contributed by atoms with Crippen LogP contribution in [-0.2, 0) is 6.18 Å². The Hall–Kier alpha value is -4.53. The molecule has 1 aliphatic rings. The molecule has 2 heterocycles. The number of alkyl halides is 3. The molecule has 2 aromatic heterocycles. The lowest BCUT2D eigenvalue weighted by Crippen LogP contribution is -2.09. The normalized spacial score (nSPS) is 14.3. The fourth-order valence-corrected chi connectivity index (χ4v) is 4.97. The molecule has 208 valence electrons. The Balaban J connectivity index is 1.20. The summed E-state index contributed by atoms with van der Waals surface area (Å²) in [5.41, 5.74) is 4.90. The second-order valence-corrected chi connectivity index (χ2v) is 10.7. The second-order valence-electron chi connectivity index (χ2n) is 10.7. The minimum Gasteiger partial charge on any atom is -0.321 e. The Morgan fingerprint density at radius 1 is 1.07 bits per heavy atom. The summed E-state index contributed by atoms with van der Waals surface area (Å²) in [6, 6.07) is 17.1. The molecule has 1 saturated carbocycles. The van der Waals surface area contributed by atoms with Crippen LogP contribution < -0.4 is 5.32 Å². The first-order valence-corrected chi connectivity index (χ1v) is 13.5. The van der Waals surface area contributed by atoms with Gasteiger partial charge in [-0.05, 0) is 72.2 Å². The zero-order valence-corrected chi connectivity index (χ0v) is 22.6. The summed E-state index contributed by atoms with van der Waals surface area (Å²) in [5, 5.41) is 8.50. The molecule has 3 aromatic carbocycles. The molecule has 6 nitrogen and oxygen atoms in total. The van der Waals surface area contributed by atoms with E-state index in [1.807, 2.05) is 55.1 Å². The van der Waals surface area contributed by atoms with E-state index >= 15 is 0 Å². The number of fused-ring (bicyclic) bond motifs is 1. The van der Waals surface area contributed by atoms with Gasteiger partial charge >= 0.3 is 6.18 Å². The number of hydrogen-bond donors (Lipinski definition) is 1. The predicted molar refractivity (Wildman–Crippen MR) is 152 cm³/mol. The molecule has 0 radical (unpaired) electrons. The van der Waals surface area contributed by atoms with Gasteiger partial charge in [0.25, 0.3) is 0 Å². The van der Waals surface area contributed by atoms with Crippen molar-refractivity contribution in [3.8, 4) is 11.1 Å². The summed E-state index contributed by atoms with van der Waals surface area (Å²) in [6.07, 6.45) is 3.47. The van der Waals surface area contributed by atoms with E-state index in [-0.39, 0.29) is 23.7 Å². The molecule has 0 unspecified atom stereocenters. The highest BCUT2D eigenvalue weighted by molar-refractivity contribution is 5.96. The van der Waals surface area contributed by atoms with Gasteiger partial charge in [0.15, 0.2) is 5.78 Å². The average molecular weight is 556 g/mol. The highest BCUT2D eigenvalue weighted by Crippen LogP contribution is 2.35. The molecule has 1 N–H and O–H groups in total. The maximum Gasteiger partial charge on any atom is 0.416 e. The van der Waals surface area contributed by atoms with Gasteiger partial charge in [-0.3, -0.25) is 9.48 Å². The lowest BCUT2D eigenvalue weighted by atomic mass is 9.89. The van der Waals surface area contributed by atoms with Crippen molar-refractivity contribution in [2.75, 3.05) is 5.32 Å². The van der Waals surface area contributed by atoms with Gasteiger partial charge in [0.1, 0.15) is 0 Å². The molecule has 6 rings (SSSR count). The summed E-state index contributed by atoms with van der Waals surface area (Å²) in [5.74, 6) is -0.00555. The van der Waals surface area contributed by atoms with Gasteiger partial charge in [0.05, 0.1) is 29.0 Å². The van der Waals surface area contributed by atoms with Gasteiger partial charge < -0.3 is 5.32 Å². The van der Waals surface area contributed by atoms with Crippen molar-refractivity contribution in [1.29, 1.82) is 0 Å². The summed E-state index contributed by atoms with van der Waals surface area (Å²) in [6.45, 7) is 3.93. The van der Waals surface area contributed by atoms with Crippen LogP contribution >= 0.6 is 0 Å². The van der Waals surface area contributed by atoms with Crippen molar-refractivity contribution < 1.29 is 18.0 Å². The topological polar surface area (TPSA) is 72.7 Å². The average Bonchev–Trinajstić information content (AvgIpc) is 3.71. The van der Waals surface area contributed by atoms with E-state index in [0.717, 1.165) is 63.8 Å². The second kappa shape index (κ2) is 10.5. The van der Waals surface area contributed by atoms with Gasteiger partial charge in [-0.2, -0.15) is 18.3 Å². The Labute approximate surface area is 235 Å². The summed E-state index contributed by atoms with van der Waals surface area (Å²) >= 11 is 0. The maximum atomic E-state index is 13.1.